The summed E-state index contributed by atoms with van der Waals surface area (Å²) >= 11 is 0. The molecule has 1 amide bonds. The number of aromatic nitrogens is 1. The number of halogens is 1. The zero-order valence-electron chi connectivity index (χ0n) is 22.5. The highest BCUT2D eigenvalue weighted by Crippen LogP contribution is 2.31. The van der Waals surface area contributed by atoms with Gasteiger partial charge in [0.2, 0.25) is 5.91 Å². The predicted molar refractivity (Wildman–Crippen MR) is 156 cm³/mol. The third-order valence-electron chi connectivity index (χ3n) is 8.02. The van der Waals surface area contributed by atoms with Crippen LogP contribution < -0.4 is 0 Å². The van der Waals surface area contributed by atoms with Crippen molar-refractivity contribution in [1.29, 1.82) is 0 Å². The van der Waals surface area contributed by atoms with Crippen LogP contribution in [0, 0.1) is 19.7 Å². The minimum absolute atomic E-state index is 0.126. The van der Waals surface area contributed by atoms with Gasteiger partial charge in [0, 0.05) is 42.8 Å². The van der Waals surface area contributed by atoms with Crippen molar-refractivity contribution < 1.29 is 9.18 Å². The first-order valence-corrected chi connectivity index (χ1v) is 13.6. The van der Waals surface area contributed by atoms with E-state index in [9.17, 15) is 9.18 Å². The van der Waals surface area contributed by atoms with E-state index >= 15 is 0 Å². The quantitative estimate of drug-likeness (QED) is 0.316. The summed E-state index contributed by atoms with van der Waals surface area (Å²) in [6.45, 7) is 6.24. The number of carbonyl (C=O) groups is 1. The number of allylic oxidation sites excluding steroid dienone is 2. The molecule has 1 aromatic heterocycles. The van der Waals surface area contributed by atoms with Gasteiger partial charge in [-0.1, -0.05) is 60.7 Å². The molecule has 0 saturated heterocycles. The van der Waals surface area contributed by atoms with Crippen LogP contribution in [0.25, 0.3) is 22.2 Å². The Balaban J connectivity index is 1.23. The van der Waals surface area contributed by atoms with Gasteiger partial charge < -0.3 is 9.80 Å². The number of aryl methyl sites for hydroxylation is 2. The average molecular weight is 518 g/mol. The Hall–Kier alpha value is -4.25. The summed E-state index contributed by atoms with van der Waals surface area (Å²) in [5, 5.41) is 1.20. The lowest BCUT2D eigenvalue weighted by Gasteiger charge is -2.32. The molecule has 3 heterocycles. The van der Waals surface area contributed by atoms with Gasteiger partial charge >= 0.3 is 0 Å². The number of pyridine rings is 1. The third kappa shape index (κ3) is 4.97. The second kappa shape index (κ2) is 10.5. The van der Waals surface area contributed by atoms with Gasteiger partial charge in [0.05, 0.1) is 12.1 Å². The van der Waals surface area contributed by atoms with Gasteiger partial charge in [-0.3, -0.25) is 9.78 Å². The molecule has 0 atom stereocenters. The molecule has 0 spiro atoms. The van der Waals surface area contributed by atoms with E-state index in [4.69, 9.17) is 4.98 Å². The highest BCUT2D eigenvalue weighted by atomic mass is 19.1. The molecule has 0 bridgehead atoms. The second-order valence-corrected chi connectivity index (χ2v) is 10.5. The first-order chi connectivity index (χ1) is 19.0. The van der Waals surface area contributed by atoms with Crippen LogP contribution in [0.15, 0.2) is 84.9 Å². The molecule has 4 nitrogen and oxygen atoms in total. The van der Waals surface area contributed by atoms with E-state index in [0.29, 0.717) is 31.7 Å². The molecule has 2 aliphatic heterocycles. The van der Waals surface area contributed by atoms with Crippen molar-refractivity contribution in [2.24, 2.45) is 0 Å². The number of carbonyl (C=O) groups excluding carboxylic acids is 1. The number of hydrogen-bond acceptors (Lipinski definition) is 3. The van der Waals surface area contributed by atoms with Crippen LogP contribution in [0.5, 0.6) is 0 Å². The lowest BCUT2D eigenvalue weighted by molar-refractivity contribution is -0.131. The van der Waals surface area contributed by atoms with Crippen molar-refractivity contribution in [3.05, 3.63) is 124 Å². The second-order valence-electron chi connectivity index (χ2n) is 10.5. The topological polar surface area (TPSA) is 36.4 Å². The Morgan fingerprint density at radius 3 is 2.51 bits per heavy atom. The molecule has 5 heteroatoms. The Morgan fingerprint density at radius 2 is 1.69 bits per heavy atom. The van der Waals surface area contributed by atoms with Crippen molar-refractivity contribution in [3.8, 4) is 0 Å². The summed E-state index contributed by atoms with van der Waals surface area (Å²) in [5.41, 5.74) is 9.42. The molecule has 3 aromatic carbocycles. The SMILES string of the molecule is Cc1cc(C2=CCN(CC(=O)N3CCc4nc5ccccc5c(C)c4CC3)C(c3ccccc3)=C2)ccc1F. The largest absolute Gasteiger partial charge is 0.358 e. The van der Waals surface area contributed by atoms with Crippen molar-refractivity contribution in [1.82, 2.24) is 14.8 Å². The van der Waals surface area contributed by atoms with Gasteiger partial charge in [0.15, 0.2) is 0 Å². The molecular weight excluding hydrogens is 485 g/mol. The zero-order chi connectivity index (χ0) is 26.9. The maximum absolute atomic E-state index is 13.9. The maximum atomic E-state index is 13.9. The average Bonchev–Trinajstić information content (AvgIpc) is 3.18. The smallest absolute Gasteiger partial charge is 0.242 e. The summed E-state index contributed by atoms with van der Waals surface area (Å²) in [4.78, 5) is 22.8. The van der Waals surface area contributed by atoms with Crippen molar-refractivity contribution in [2.45, 2.75) is 26.7 Å². The Kier molecular flexibility index (Phi) is 6.74. The number of rotatable bonds is 4. The van der Waals surface area contributed by atoms with Crippen molar-refractivity contribution in [2.75, 3.05) is 26.2 Å². The molecule has 6 rings (SSSR count). The molecule has 2 aliphatic rings. The van der Waals surface area contributed by atoms with Crippen LogP contribution in [-0.4, -0.2) is 46.9 Å². The number of nitrogens with zero attached hydrogens (tertiary/aromatic N) is 3. The molecule has 0 fully saturated rings. The fourth-order valence-corrected chi connectivity index (χ4v) is 5.79. The number of benzene rings is 3. The maximum Gasteiger partial charge on any atom is 0.242 e. The molecule has 0 unspecified atom stereocenters. The molecule has 196 valence electrons. The van der Waals surface area contributed by atoms with Gasteiger partial charge in [-0.15, -0.1) is 0 Å². The van der Waals surface area contributed by atoms with Crippen molar-refractivity contribution in [3.63, 3.8) is 0 Å². The Labute approximate surface area is 229 Å². The number of para-hydroxylation sites is 1. The normalized spacial score (nSPS) is 15.5. The van der Waals surface area contributed by atoms with Gasteiger partial charge in [-0.25, -0.2) is 4.39 Å². The first kappa shape index (κ1) is 25.1. The third-order valence-corrected chi connectivity index (χ3v) is 8.02. The molecule has 0 saturated carbocycles. The minimum atomic E-state index is -0.201. The minimum Gasteiger partial charge on any atom is -0.358 e. The fraction of sp³-hybridized carbons (Fsp3) is 0.235. The summed E-state index contributed by atoms with van der Waals surface area (Å²) in [6, 6.07) is 23.7. The molecule has 0 N–H and O–H groups in total. The van der Waals surface area contributed by atoms with Crippen LogP contribution >= 0.6 is 0 Å². The summed E-state index contributed by atoms with van der Waals surface area (Å²) in [6.07, 6.45) is 5.83. The van der Waals surface area contributed by atoms with Crippen LogP contribution in [0.3, 0.4) is 0 Å². The molecule has 39 heavy (non-hydrogen) atoms. The van der Waals surface area contributed by atoms with Crippen LogP contribution in [0.1, 0.15) is 33.5 Å². The lowest BCUT2D eigenvalue weighted by Crippen LogP contribution is -2.41. The summed E-state index contributed by atoms with van der Waals surface area (Å²) in [7, 11) is 0. The van der Waals surface area contributed by atoms with Gasteiger partial charge in [0.1, 0.15) is 5.82 Å². The summed E-state index contributed by atoms with van der Waals surface area (Å²) < 4.78 is 13.9. The van der Waals surface area contributed by atoms with E-state index in [1.807, 2.05) is 41.3 Å². The van der Waals surface area contributed by atoms with Crippen LogP contribution in [-0.2, 0) is 17.6 Å². The number of hydrogen-bond donors (Lipinski definition) is 0. The standard InChI is InChI=1S/C34H32FN3O/c1-23-20-26(12-13-30(23)35)27-14-17-38(33(21-27)25-8-4-3-5-9-25)22-34(39)37-18-15-29-24(2)28-10-6-7-11-31(28)36-32(29)16-19-37/h3-14,20-21H,15-19,22H2,1-2H3. The lowest BCUT2D eigenvalue weighted by atomic mass is 9.97. The predicted octanol–water partition coefficient (Wildman–Crippen LogP) is 6.36. The van der Waals surface area contributed by atoms with Gasteiger partial charge in [0.25, 0.3) is 0 Å². The Morgan fingerprint density at radius 1 is 0.923 bits per heavy atom. The molecule has 0 aliphatic carbocycles. The highest BCUT2D eigenvalue weighted by Gasteiger charge is 2.25. The van der Waals surface area contributed by atoms with E-state index in [-0.39, 0.29) is 11.7 Å². The fourth-order valence-electron chi connectivity index (χ4n) is 5.79. The molecule has 0 radical (unpaired) electrons. The Bertz CT molecular complexity index is 1620. The summed E-state index contributed by atoms with van der Waals surface area (Å²) in [5.74, 6) is -0.0749. The monoisotopic (exact) mass is 517 g/mol. The number of fused-ring (bicyclic) bond motifs is 2. The van der Waals surface area contributed by atoms with Crippen LogP contribution in [0.4, 0.5) is 4.39 Å². The number of amides is 1. The highest BCUT2D eigenvalue weighted by molar-refractivity contribution is 5.88. The van der Waals surface area contributed by atoms with Crippen LogP contribution in [0.2, 0.25) is 0 Å². The zero-order valence-corrected chi connectivity index (χ0v) is 22.5. The molecular formula is C34H32FN3O. The van der Waals surface area contributed by atoms with Gasteiger partial charge in [-0.2, -0.15) is 0 Å². The van der Waals surface area contributed by atoms with E-state index in [0.717, 1.165) is 46.4 Å². The van der Waals surface area contributed by atoms with E-state index < -0.39 is 0 Å². The van der Waals surface area contributed by atoms with E-state index in [1.54, 1.807) is 6.92 Å². The first-order valence-electron chi connectivity index (χ1n) is 13.6. The molecule has 4 aromatic rings. The van der Waals surface area contributed by atoms with E-state index in [2.05, 4.69) is 54.3 Å². The van der Waals surface area contributed by atoms with Crippen molar-refractivity contribution >= 4 is 28.1 Å². The van der Waals surface area contributed by atoms with E-state index in [1.165, 1.54) is 22.6 Å². The van der Waals surface area contributed by atoms with Gasteiger partial charge in [-0.05, 0) is 77.9 Å².